The lowest BCUT2D eigenvalue weighted by Gasteiger charge is -2.13. The highest BCUT2D eigenvalue weighted by Crippen LogP contribution is 2.27. The number of benzene rings is 2. The first kappa shape index (κ1) is 21.1. The van der Waals surface area contributed by atoms with Crippen LogP contribution in [0.3, 0.4) is 0 Å². The van der Waals surface area contributed by atoms with Crippen LogP contribution in [0.1, 0.15) is 17.4 Å². The predicted molar refractivity (Wildman–Crippen MR) is 114 cm³/mol. The number of ether oxygens (including phenoxy) is 2. The second-order valence-electron chi connectivity index (χ2n) is 5.93. The number of methoxy groups -OCH3 is 1. The van der Waals surface area contributed by atoms with E-state index in [0.717, 1.165) is 11.3 Å². The van der Waals surface area contributed by atoms with Crippen LogP contribution in [0.2, 0.25) is 10.0 Å². The maximum Gasteiger partial charge on any atom is 0.358 e. The Morgan fingerprint density at radius 2 is 1.86 bits per heavy atom. The fraction of sp³-hybridized carbons (Fsp3) is 0.150. The van der Waals surface area contributed by atoms with E-state index >= 15 is 0 Å². The zero-order valence-electron chi connectivity index (χ0n) is 15.4. The second-order valence-corrected chi connectivity index (χ2v) is 7.63. The Labute approximate surface area is 181 Å². The van der Waals surface area contributed by atoms with Crippen LogP contribution in [0.15, 0.2) is 47.8 Å². The quantitative estimate of drug-likeness (QED) is 0.514. The van der Waals surface area contributed by atoms with Gasteiger partial charge in [-0.05, 0) is 49.4 Å². The van der Waals surface area contributed by atoms with Crippen LogP contribution in [-0.2, 0) is 9.53 Å². The summed E-state index contributed by atoms with van der Waals surface area (Å²) in [4.78, 5) is 28.9. The number of anilines is 1. The van der Waals surface area contributed by atoms with Crippen molar-refractivity contribution in [2.24, 2.45) is 0 Å². The third-order valence-corrected chi connectivity index (χ3v) is 5.33. The van der Waals surface area contributed by atoms with Crippen LogP contribution in [0.25, 0.3) is 10.6 Å². The molecular formula is C20H16Cl2N2O4S. The Bertz CT molecular complexity index is 1040. The van der Waals surface area contributed by atoms with Gasteiger partial charge < -0.3 is 14.8 Å². The molecule has 1 unspecified atom stereocenters. The number of thiazole rings is 1. The monoisotopic (exact) mass is 450 g/mol. The lowest BCUT2D eigenvalue weighted by atomic mass is 10.2. The van der Waals surface area contributed by atoms with E-state index in [9.17, 15) is 9.59 Å². The van der Waals surface area contributed by atoms with Gasteiger partial charge in [-0.25, -0.2) is 9.78 Å². The van der Waals surface area contributed by atoms with Gasteiger partial charge in [0.25, 0.3) is 5.91 Å². The molecule has 0 spiro atoms. The molecule has 1 N–H and O–H groups in total. The van der Waals surface area contributed by atoms with Crippen molar-refractivity contribution in [2.45, 2.75) is 13.0 Å². The Morgan fingerprint density at radius 3 is 2.52 bits per heavy atom. The van der Waals surface area contributed by atoms with E-state index in [4.69, 9.17) is 32.7 Å². The number of carbonyl (C=O) groups excluding carboxylic acids is 2. The van der Waals surface area contributed by atoms with Crippen molar-refractivity contribution in [2.75, 3.05) is 12.4 Å². The van der Waals surface area contributed by atoms with E-state index in [1.807, 2.05) is 24.3 Å². The highest BCUT2D eigenvalue weighted by molar-refractivity contribution is 7.13. The molecule has 0 aliphatic carbocycles. The smallest absolute Gasteiger partial charge is 0.358 e. The van der Waals surface area contributed by atoms with E-state index in [1.54, 1.807) is 24.6 Å². The zero-order valence-corrected chi connectivity index (χ0v) is 17.8. The van der Waals surface area contributed by atoms with E-state index in [-0.39, 0.29) is 10.7 Å². The van der Waals surface area contributed by atoms with Gasteiger partial charge >= 0.3 is 5.97 Å². The molecule has 2 aromatic carbocycles. The summed E-state index contributed by atoms with van der Waals surface area (Å²) < 4.78 is 10.4. The topological polar surface area (TPSA) is 77.5 Å². The van der Waals surface area contributed by atoms with E-state index < -0.39 is 18.0 Å². The minimum Gasteiger partial charge on any atom is -0.497 e. The lowest BCUT2D eigenvalue weighted by Crippen LogP contribution is -2.30. The van der Waals surface area contributed by atoms with Crippen molar-refractivity contribution >= 4 is 52.1 Å². The van der Waals surface area contributed by atoms with Crippen LogP contribution in [-0.4, -0.2) is 30.1 Å². The molecule has 1 atom stereocenters. The average Bonchev–Trinajstić information content (AvgIpc) is 3.20. The molecule has 6 nitrogen and oxygen atoms in total. The Morgan fingerprint density at radius 1 is 1.14 bits per heavy atom. The molecule has 0 radical (unpaired) electrons. The molecule has 150 valence electrons. The summed E-state index contributed by atoms with van der Waals surface area (Å²) in [6.45, 7) is 1.47. The summed E-state index contributed by atoms with van der Waals surface area (Å²) in [6.07, 6.45) is -1.04. The SMILES string of the molecule is COc1ccc(-c2nc(C(=O)OC(C)C(=O)Nc3ccc(Cl)cc3Cl)cs2)cc1. The molecule has 0 saturated carbocycles. The van der Waals surface area contributed by atoms with Gasteiger partial charge in [-0.15, -0.1) is 11.3 Å². The first-order valence-corrected chi connectivity index (χ1v) is 10.1. The van der Waals surface area contributed by atoms with Gasteiger partial charge in [0.15, 0.2) is 11.8 Å². The number of carbonyl (C=O) groups is 2. The van der Waals surface area contributed by atoms with Crippen LogP contribution < -0.4 is 10.1 Å². The molecule has 29 heavy (non-hydrogen) atoms. The largest absolute Gasteiger partial charge is 0.497 e. The summed E-state index contributed by atoms with van der Waals surface area (Å²) in [5, 5.41) is 5.58. The lowest BCUT2D eigenvalue weighted by molar-refractivity contribution is -0.123. The van der Waals surface area contributed by atoms with Gasteiger partial charge in [-0.1, -0.05) is 23.2 Å². The molecule has 1 amide bonds. The fourth-order valence-corrected chi connectivity index (χ4v) is 3.58. The normalized spacial score (nSPS) is 11.6. The Hall–Kier alpha value is -2.61. The van der Waals surface area contributed by atoms with Gasteiger partial charge in [-0.2, -0.15) is 0 Å². The number of hydrogen-bond acceptors (Lipinski definition) is 6. The molecule has 3 rings (SSSR count). The molecule has 1 aromatic heterocycles. The van der Waals surface area contributed by atoms with Crippen molar-refractivity contribution in [1.29, 1.82) is 0 Å². The first-order valence-electron chi connectivity index (χ1n) is 8.44. The van der Waals surface area contributed by atoms with E-state index in [2.05, 4.69) is 10.3 Å². The van der Waals surface area contributed by atoms with E-state index in [0.29, 0.717) is 15.7 Å². The summed E-state index contributed by atoms with van der Waals surface area (Å²) in [5.41, 5.74) is 1.35. The molecule has 3 aromatic rings. The number of hydrogen-bond donors (Lipinski definition) is 1. The highest BCUT2D eigenvalue weighted by Gasteiger charge is 2.22. The molecule has 0 aliphatic rings. The maximum absolute atomic E-state index is 12.3. The van der Waals surface area contributed by atoms with Gasteiger partial charge in [-0.3, -0.25) is 4.79 Å². The van der Waals surface area contributed by atoms with Crippen molar-refractivity contribution in [3.63, 3.8) is 0 Å². The Balaban J connectivity index is 1.63. The zero-order chi connectivity index (χ0) is 21.0. The summed E-state index contributed by atoms with van der Waals surface area (Å²) in [5.74, 6) is -0.482. The van der Waals surface area contributed by atoms with Crippen LogP contribution in [0.4, 0.5) is 5.69 Å². The highest BCUT2D eigenvalue weighted by atomic mass is 35.5. The van der Waals surface area contributed by atoms with Crippen LogP contribution >= 0.6 is 34.5 Å². The molecule has 0 aliphatic heterocycles. The average molecular weight is 451 g/mol. The number of nitrogens with one attached hydrogen (secondary N) is 1. The predicted octanol–water partition coefficient (Wildman–Crippen LogP) is 5.31. The number of nitrogens with zero attached hydrogens (tertiary/aromatic N) is 1. The van der Waals surface area contributed by atoms with Crippen molar-refractivity contribution < 1.29 is 19.1 Å². The van der Waals surface area contributed by atoms with Crippen molar-refractivity contribution in [3.8, 4) is 16.3 Å². The first-order chi connectivity index (χ1) is 13.9. The van der Waals surface area contributed by atoms with Crippen molar-refractivity contribution in [3.05, 3.63) is 63.6 Å². The fourth-order valence-electron chi connectivity index (χ4n) is 2.33. The second kappa shape index (κ2) is 9.26. The van der Waals surface area contributed by atoms with Crippen LogP contribution in [0, 0.1) is 0 Å². The van der Waals surface area contributed by atoms with Crippen LogP contribution in [0.5, 0.6) is 5.75 Å². The van der Waals surface area contributed by atoms with E-state index in [1.165, 1.54) is 24.3 Å². The maximum atomic E-state index is 12.3. The number of aromatic nitrogens is 1. The standard InChI is InChI=1S/C20H16Cl2N2O4S/c1-11(18(25)23-16-8-5-13(21)9-15(16)22)28-20(26)17-10-29-19(24-17)12-3-6-14(27-2)7-4-12/h3-11H,1-2H3,(H,23,25). The third-order valence-electron chi connectivity index (χ3n) is 3.89. The van der Waals surface area contributed by atoms with Gasteiger partial charge in [0.05, 0.1) is 17.8 Å². The van der Waals surface area contributed by atoms with Gasteiger partial charge in [0.2, 0.25) is 0 Å². The summed E-state index contributed by atoms with van der Waals surface area (Å²) in [6, 6.07) is 12.0. The number of rotatable bonds is 6. The van der Waals surface area contributed by atoms with Gasteiger partial charge in [0.1, 0.15) is 10.8 Å². The molecular weight excluding hydrogens is 435 g/mol. The van der Waals surface area contributed by atoms with Crippen molar-refractivity contribution in [1.82, 2.24) is 4.98 Å². The summed E-state index contributed by atoms with van der Waals surface area (Å²) in [7, 11) is 1.59. The molecule has 9 heteroatoms. The molecule has 0 bridgehead atoms. The number of esters is 1. The minimum absolute atomic E-state index is 0.130. The summed E-state index contributed by atoms with van der Waals surface area (Å²) >= 11 is 13.2. The third kappa shape index (κ3) is 5.26. The van der Waals surface area contributed by atoms with Gasteiger partial charge in [0, 0.05) is 16.0 Å². The Kier molecular flexibility index (Phi) is 6.74. The number of amides is 1. The number of halogens is 2. The molecule has 0 saturated heterocycles. The minimum atomic E-state index is -1.04. The molecule has 0 fully saturated rings. The molecule has 1 heterocycles.